The monoisotopic (exact) mass is 560 g/mol. The first-order valence-electron chi connectivity index (χ1n) is 11.3. The number of hydrogen-bond acceptors (Lipinski definition) is 3. The molecule has 184 valence electrons. The highest BCUT2D eigenvalue weighted by atomic mass is 35.5. The van der Waals surface area contributed by atoms with Crippen LogP contribution in [0.3, 0.4) is 0 Å². The molecule has 1 fully saturated rings. The highest BCUT2D eigenvalue weighted by Gasteiger charge is 2.31. The summed E-state index contributed by atoms with van der Waals surface area (Å²) < 4.78 is 0. The van der Waals surface area contributed by atoms with Gasteiger partial charge in [0.15, 0.2) is 0 Å². The van der Waals surface area contributed by atoms with Crippen LogP contribution in [0, 0.1) is 0 Å². The van der Waals surface area contributed by atoms with Crippen molar-refractivity contribution in [3.63, 3.8) is 0 Å². The smallest absolute Gasteiger partial charge is 0.243 e. The Kier molecular flexibility index (Phi) is 10.7. The van der Waals surface area contributed by atoms with Crippen LogP contribution in [0.2, 0.25) is 20.1 Å². The minimum atomic E-state index is -0.611. The standard InChI is InChI=1S/C25H28Cl4N2O2S/c1-2-23(25(33)30-18-6-3-4-7-18)31(13-19-20(27)8-5-9-21(19)28)24(32)15-34-14-16-10-11-17(26)12-22(16)29/h5,8-12,18,23H,2-4,6-7,13-15H2,1H3,(H,30,33). The van der Waals surface area contributed by atoms with E-state index >= 15 is 0 Å². The second-order valence-electron chi connectivity index (χ2n) is 8.36. The third-order valence-electron chi connectivity index (χ3n) is 5.98. The molecule has 0 heterocycles. The van der Waals surface area contributed by atoms with Crippen LogP contribution in [-0.2, 0) is 21.9 Å². The number of benzene rings is 2. The fourth-order valence-corrected chi connectivity index (χ4v) is 6.10. The normalized spacial score (nSPS) is 14.7. The van der Waals surface area contributed by atoms with E-state index < -0.39 is 6.04 Å². The van der Waals surface area contributed by atoms with E-state index in [0.717, 1.165) is 31.2 Å². The lowest BCUT2D eigenvalue weighted by Gasteiger charge is -2.32. The molecule has 2 aromatic rings. The van der Waals surface area contributed by atoms with Gasteiger partial charge in [0.05, 0.1) is 5.75 Å². The molecule has 1 saturated carbocycles. The molecule has 4 nitrogen and oxygen atoms in total. The number of thioether (sulfide) groups is 1. The van der Waals surface area contributed by atoms with Gasteiger partial charge in [0.1, 0.15) is 6.04 Å². The van der Waals surface area contributed by atoms with Crippen molar-refractivity contribution in [2.45, 2.75) is 63.4 Å². The Bertz CT molecular complexity index is 994. The number of carbonyl (C=O) groups excluding carboxylic acids is 2. The average molecular weight is 562 g/mol. The van der Waals surface area contributed by atoms with E-state index in [2.05, 4.69) is 5.32 Å². The van der Waals surface area contributed by atoms with Gasteiger partial charge in [-0.3, -0.25) is 9.59 Å². The number of nitrogens with one attached hydrogen (secondary N) is 1. The summed E-state index contributed by atoms with van der Waals surface area (Å²) in [4.78, 5) is 28.2. The summed E-state index contributed by atoms with van der Waals surface area (Å²) in [7, 11) is 0. The molecule has 34 heavy (non-hydrogen) atoms. The van der Waals surface area contributed by atoms with E-state index in [1.54, 1.807) is 35.2 Å². The van der Waals surface area contributed by atoms with Gasteiger partial charge in [-0.2, -0.15) is 0 Å². The van der Waals surface area contributed by atoms with Gasteiger partial charge >= 0.3 is 0 Å². The molecule has 0 spiro atoms. The Hall–Kier alpha value is -1.11. The number of amides is 2. The van der Waals surface area contributed by atoms with Gasteiger partial charge in [-0.05, 0) is 49.1 Å². The molecule has 1 aliphatic rings. The van der Waals surface area contributed by atoms with Crippen LogP contribution < -0.4 is 5.32 Å². The Morgan fingerprint density at radius 1 is 1.06 bits per heavy atom. The molecule has 2 amide bonds. The number of carbonyl (C=O) groups is 2. The first-order valence-corrected chi connectivity index (χ1v) is 14.0. The molecular weight excluding hydrogens is 534 g/mol. The van der Waals surface area contributed by atoms with Crippen molar-refractivity contribution >= 4 is 70.0 Å². The van der Waals surface area contributed by atoms with Crippen molar-refractivity contribution in [3.8, 4) is 0 Å². The summed E-state index contributed by atoms with van der Waals surface area (Å²) in [6.07, 6.45) is 4.67. The number of nitrogens with zero attached hydrogens (tertiary/aromatic N) is 1. The highest BCUT2D eigenvalue weighted by molar-refractivity contribution is 7.99. The first kappa shape index (κ1) is 27.5. The molecule has 1 atom stereocenters. The fourth-order valence-electron chi connectivity index (χ4n) is 4.11. The van der Waals surface area contributed by atoms with Gasteiger partial charge in [-0.25, -0.2) is 0 Å². The minimum absolute atomic E-state index is 0.128. The summed E-state index contributed by atoms with van der Waals surface area (Å²) in [5, 5.41) is 5.21. The lowest BCUT2D eigenvalue weighted by Crippen LogP contribution is -2.51. The quantitative estimate of drug-likeness (QED) is 0.329. The number of halogens is 4. The molecule has 0 aromatic heterocycles. The topological polar surface area (TPSA) is 49.4 Å². The minimum Gasteiger partial charge on any atom is -0.352 e. The van der Waals surface area contributed by atoms with Crippen LogP contribution in [0.1, 0.15) is 50.2 Å². The molecular formula is C25H28Cl4N2O2S. The largest absolute Gasteiger partial charge is 0.352 e. The lowest BCUT2D eigenvalue weighted by molar-refractivity contribution is -0.139. The lowest BCUT2D eigenvalue weighted by atomic mass is 10.1. The van der Waals surface area contributed by atoms with Gasteiger partial charge in [-0.15, -0.1) is 11.8 Å². The molecule has 0 aliphatic heterocycles. The Labute approximate surface area is 225 Å². The van der Waals surface area contributed by atoms with E-state index in [-0.39, 0.29) is 30.2 Å². The van der Waals surface area contributed by atoms with Crippen molar-refractivity contribution in [1.29, 1.82) is 0 Å². The van der Waals surface area contributed by atoms with Crippen LogP contribution in [0.15, 0.2) is 36.4 Å². The maximum atomic E-state index is 13.4. The van der Waals surface area contributed by atoms with Crippen molar-refractivity contribution in [3.05, 3.63) is 67.6 Å². The summed E-state index contributed by atoms with van der Waals surface area (Å²) in [6, 6.07) is 10.1. The molecule has 0 bridgehead atoms. The van der Waals surface area contributed by atoms with E-state index in [1.165, 1.54) is 11.8 Å². The number of hydrogen-bond donors (Lipinski definition) is 1. The summed E-state index contributed by atoms with van der Waals surface area (Å²) in [5.41, 5.74) is 1.53. The zero-order chi connectivity index (χ0) is 24.7. The van der Waals surface area contributed by atoms with Crippen LogP contribution in [0.4, 0.5) is 0 Å². The SMILES string of the molecule is CCC(C(=O)NC1CCCC1)N(Cc1c(Cl)cccc1Cl)C(=O)CSCc1ccc(Cl)cc1Cl. The van der Waals surface area contributed by atoms with Crippen LogP contribution in [-0.4, -0.2) is 34.6 Å². The maximum Gasteiger partial charge on any atom is 0.243 e. The maximum absolute atomic E-state index is 13.4. The molecule has 3 rings (SSSR count). The van der Waals surface area contributed by atoms with E-state index in [9.17, 15) is 9.59 Å². The molecule has 0 radical (unpaired) electrons. The van der Waals surface area contributed by atoms with Crippen LogP contribution in [0.5, 0.6) is 0 Å². The summed E-state index contributed by atoms with van der Waals surface area (Å²) in [6.45, 7) is 2.07. The Morgan fingerprint density at radius 3 is 2.35 bits per heavy atom. The van der Waals surface area contributed by atoms with E-state index in [0.29, 0.717) is 37.8 Å². The average Bonchev–Trinajstić information content (AvgIpc) is 3.30. The van der Waals surface area contributed by atoms with Gasteiger partial charge in [0.2, 0.25) is 11.8 Å². The Morgan fingerprint density at radius 2 is 1.74 bits per heavy atom. The fraction of sp³-hybridized carbons (Fsp3) is 0.440. The molecule has 2 aromatic carbocycles. The molecule has 9 heteroatoms. The zero-order valence-electron chi connectivity index (χ0n) is 19.0. The zero-order valence-corrected chi connectivity index (χ0v) is 22.8. The molecule has 0 saturated heterocycles. The highest BCUT2D eigenvalue weighted by Crippen LogP contribution is 2.29. The van der Waals surface area contributed by atoms with Crippen LogP contribution >= 0.6 is 58.2 Å². The summed E-state index contributed by atoms with van der Waals surface area (Å²) in [5.74, 6) is 0.456. The van der Waals surface area contributed by atoms with Crippen molar-refractivity contribution in [1.82, 2.24) is 10.2 Å². The molecule has 1 aliphatic carbocycles. The third kappa shape index (κ3) is 7.44. The van der Waals surface area contributed by atoms with Gasteiger partial charge < -0.3 is 10.2 Å². The predicted molar refractivity (Wildman–Crippen MR) is 144 cm³/mol. The molecule has 1 unspecified atom stereocenters. The van der Waals surface area contributed by atoms with Crippen molar-refractivity contribution < 1.29 is 9.59 Å². The number of rotatable bonds is 10. The van der Waals surface area contributed by atoms with Crippen LogP contribution in [0.25, 0.3) is 0 Å². The third-order valence-corrected chi connectivity index (χ3v) is 8.24. The predicted octanol–water partition coefficient (Wildman–Crippen LogP) is 7.40. The van der Waals surface area contributed by atoms with E-state index in [4.69, 9.17) is 46.4 Å². The summed E-state index contributed by atoms with van der Waals surface area (Å²) >= 11 is 26.5. The first-order chi connectivity index (χ1) is 16.3. The Balaban J connectivity index is 1.76. The van der Waals surface area contributed by atoms with Crippen molar-refractivity contribution in [2.24, 2.45) is 0 Å². The molecule has 1 N–H and O–H groups in total. The second-order valence-corrected chi connectivity index (χ2v) is 11.0. The van der Waals surface area contributed by atoms with Gasteiger partial charge in [0.25, 0.3) is 0 Å². The van der Waals surface area contributed by atoms with Gasteiger partial charge in [0, 0.05) is 44.0 Å². The van der Waals surface area contributed by atoms with Crippen molar-refractivity contribution in [2.75, 3.05) is 5.75 Å². The second kappa shape index (κ2) is 13.3. The van der Waals surface area contributed by atoms with E-state index in [1.807, 2.05) is 13.0 Å². The van der Waals surface area contributed by atoms with Gasteiger partial charge in [-0.1, -0.05) is 78.3 Å².